The van der Waals surface area contributed by atoms with Gasteiger partial charge < -0.3 is 9.84 Å². The summed E-state index contributed by atoms with van der Waals surface area (Å²) in [5.74, 6) is 0. The zero-order chi connectivity index (χ0) is 19.3. The van der Waals surface area contributed by atoms with Crippen LogP contribution in [0.4, 0.5) is 21.0 Å². The summed E-state index contributed by atoms with van der Waals surface area (Å²) in [5, 5.41) is 9.14. The van der Waals surface area contributed by atoms with Crippen LogP contribution in [0.3, 0.4) is 0 Å². The van der Waals surface area contributed by atoms with Crippen LogP contribution in [-0.4, -0.2) is 29.9 Å². The number of anilines is 2. The van der Waals surface area contributed by atoms with Crippen LogP contribution in [0.25, 0.3) is 0 Å². The van der Waals surface area contributed by atoms with Gasteiger partial charge in [0.25, 0.3) is 0 Å². The third kappa shape index (κ3) is 4.83. The van der Waals surface area contributed by atoms with Crippen molar-refractivity contribution < 1.29 is 19.4 Å². The molecule has 138 valence electrons. The highest BCUT2D eigenvalue weighted by atomic mass is 16.6. The fraction of sp³-hybridized carbons (Fsp3) is 0.300. The lowest BCUT2D eigenvalue weighted by atomic mass is 10.2. The van der Waals surface area contributed by atoms with Gasteiger partial charge in [0, 0.05) is 12.7 Å². The number of imide groups is 1. The zero-order valence-electron chi connectivity index (χ0n) is 15.5. The lowest BCUT2D eigenvalue weighted by Crippen LogP contribution is -2.47. The average Bonchev–Trinajstić information content (AvgIpc) is 2.60. The van der Waals surface area contributed by atoms with E-state index in [0.717, 1.165) is 10.5 Å². The number of para-hydroxylation sites is 1. The largest absolute Gasteiger partial charge is 0.443 e. The number of amides is 3. The maximum absolute atomic E-state index is 13.0. The molecule has 1 N–H and O–H groups in total. The molecule has 0 bridgehead atoms. The van der Waals surface area contributed by atoms with E-state index in [1.807, 2.05) is 0 Å². The first-order valence-electron chi connectivity index (χ1n) is 8.28. The molecule has 2 rings (SSSR count). The second kappa shape index (κ2) is 8.01. The van der Waals surface area contributed by atoms with Crippen molar-refractivity contribution in [1.29, 1.82) is 0 Å². The molecule has 0 unspecified atom stereocenters. The van der Waals surface area contributed by atoms with Gasteiger partial charge in [0.05, 0.1) is 12.3 Å². The SMILES string of the molecule is CN(C(=O)N(C(=O)OC(C)(C)C)c1ccccc1)c1ccc(CO)cc1. The summed E-state index contributed by atoms with van der Waals surface area (Å²) < 4.78 is 5.40. The van der Waals surface area contributed by atoms with Crippen molar-refractivity contribution in [3.63, 3.8) is 0 Å². The second-order valence-electron chi connectivity index (χ2n) is 6.82. The molecule has 6 heteroatoms. The zero-order valence-corrected chi connectivity index (χ0v) is 15.5. The number of ether oxygens (including phenoxy) is 1. The topological polar surface area (TPSA) is 70.1 Å². The van der Waals surface area contributed by atoms with Crippen molar-refractivity contribution in [2.24, 2.45) is 0 Å². The summed E-state index contributed by atoms with van der Waals surface area (Å²) in [6, 6.07) is 15.0. The van der Waals surface area contributed by atoms with Crippen molar-refractivity contribution in [3.8, 4) is 0 Å². The number of carbonyl (C=O) groups is 2. The van der Waals surface area contributed by atoms with Crippen LogP contribution in [-0.2, 0) is 11.3 Å². The van der Waals surface area contributed by atoms with Crippen molar-refractivity contribution >= 4 is 23.5 Å². The standard InChI is InChI=1S/C20H24N2O4/c1-20(2,3)26-19(25)22(17-8-6-5-7-9-17)18(24)21(4)16-12-10-15(14-23)11-13-16/h5-13,23H,14H2,1-4H3. The molecule has 0 aromatic heterocycles. The summed E-state index contributed by atoms with van der Waals surface area (Å²) in [5.41, 5.74) is 1.02. The predicted octanol–water partition coefficient (Wildman–Crippen LogP) is 4.18. The molecule has 0 atom stereocenters. The Morgan fingerprint density at radius 3 is 2.04 bits per heavy atom. The Morgan fingerprint density at radius 1 is 0.962 bits per heavy atom. The van der Waals surface area contributed by atoms with Gasteiger partial charge in [-0.25, -0.2) is 9.59 Å². The molecule has 0 radical (unpaired) electrons. The summed E-state index contributed by atoms with van der Waals surface area (Å²) in [6.07, 6.45) is -0.743. The Morgan fingerprint density at radius 2 is 1.54 bits per heavy atom. The quantitative estimate of drug-likeness (QED) is 0.896. The first kappa shape index (κ1) is 19.5. The minimum atomic E-state index is -0.743. The van der Waals surface area contributed by atoms with E-state index in [-0.39, 0.29) is 6.61 Å². The number of urea groups is 1. The highest BCUT2D eigenvalue weighted by molar-refractivity contribution is 6.17. The molecule has 6 nitrogen and oxygen atoms in total. The van der Waals surface area contributed by atoms with E-state index >= 15 is 0 Å². The average molecular weight is 356 g/mol. The minimum Gasteiger partial charge on any atom is -0.443 e. The van der Waals surface area contributed by atoms with E-state index in [9.17, 15) is 9.59 Å². The van der Waals surface area contributed by atoms with E-state index in [0.29, 0.717) is 11.4 Å². The van der Waals surface area contributed by atoms with Gasteiger partial charge in [-0.2, -0.15) is 4.90 Å². The fourth-order valence-corrected chi connectivity index (χ4v) is 2.26. The number of benzene rings is 2. The molecule has 2 aromatic carbocycles. The molecule has 0 fully saturated rings. The Bertz CT molecular complexity index is 752. The summed E-state index contributed by atoms with van der Waals surface area (Å²) in [4.78, 5) is 28.1. The number of nitrogens with zero attached hydrogens (tertiary/aromatic N) is 2. The molecule has 0 aliphatic rings. The van der Waals surface area contributed by atoms with E-state index in [1.54, 1.807) is 82.4 Å². The predicted molar refractivity (Wildman–Crippen MR) is 101 cm³/mol. The van der Waals surface area contributed by atoms with Crippen molar-refractivity contribution in [1.82, 2.24) is 0 Å². The van der Waals surface area contributed by atoms with Crippen LogP contribution in [0, 0.1) is 0 Å². The number of rotatable bonds is 3. The molecular weight excluding hydrogens is 332 g/mol. The molecule has 0 saturated heterocycles. The third-order valence-electron chi connectivity index (χ3n) is 3.57. The Balaban J connectivity index is 2.34. The maximum atomic E-state index is 13.0. The lowest BCUT2D eigenvalue weighted by molar-refractivity contribution is 0.0594. The van der Waals surface area contributed by atoms with Gasteiger partial charge in [-0.15, -0.1) is 0 Å². The van der Waals surface area contributed by atoms with Crippen LogP contribution in [0.1, 0.15) is 26.3 Å². The van der Waals surface area contributed by atoms with Gasteiger partial charge in [-0.05, 0) is 50.6 Å². The van der Waals surface area contributed by atoms with Crippen molar-refractivity contribution in [3.05, 3.63) is 60.2 Å². The lowest BCUT2D eigenvalue weighted by Gasteiger charge is -2.29. The summed E-state index contributed by atoms with van der Waals surface area (Å²) in [6.45, 7) is 5.16. The van der Waals surface area contributed by atoms with Crippen LogP contribution in [0.2, 0.25) is 0 Å². The smallest absolute Gasteiger partial charge is 0.423 e. The molecule has 0 aliphatic heterocycles. The highest BCUT2D eigenvalue weighted by Crippen LogP contribution is 2.22. The summed E-state index contributed by atoms with van der Waals surface area (Å²) in [7, 11) is 1.58. The molecule has 0 saturated carbocycles. The van der Waals surface area contributed by atoms with E-state index < -0.39 is 17.7 Å². The van der Waals surface area contributed by atoms with Crippen LogP contribution < -0.4 is 9.80 Å². The first-order chi connectivity index (χ1) is 12.2. The molecule has 0 aliphatic carbocycles. The molecule has 0 heterocycles. The maximum Gasteiger partial charge on any atom is 0.423 e. The van der Waals surface area contributed by atoms with E-state index in [4.69, 9.17) is 9.84 Å². The van der Waals surface area contributed by atoms with Gasteiger partial charge in [0.15, 0.2) is 0 Å². The Labute approximate surface area is 153 Å². The Hall–Kier alpha value is -2.86. The first-order valence-corrected chi connectivity index (χ1v) is 8.28. The second-order valence-corrected chi connectivity index (χ2v) is 6.82. The van der Waals surface area contributed by atoms with E-state index in [2.05, 4.69) is 0 Å². The number of hydrogen-bond donors (Lipinski definition) is 1. The van der Waals surface area contributed by atoms with Crippen molar-refractivity contribution in [2.45, 2.75) is 33.0 Å². The summed E-state index contributed by atoms with van der Waals surface area (Å²) >= 11 is 0. The van der Waals surface area contributed by atoms with Crippen LogP contribution in [0.15, 0.2) is 54.6 Å². The van der Waals surface area contributed by atoms with Gasteiger partial charge in [0.2, 0.25) is 0 Å². The molecule has 3 amide bonds. The Kier molecular flexibility index (Phi) is 6.00. The highest BCUT2D eigenvalue weighted by Gasteiger charge is 2.31. The number of hydrogen-bond acceptors (Lipinski definition) is 4. The normalized spacial score (nSPS) is 11.0. The van der Waals surface area contributed by atoms with Crippen LogP contribution in [0.5, 0.6) is 0 Å². The number of aliphatic hydroxyl groups is 1. The van der Waals surface area contributed by atoms with Gasteiger partial charge in [-0.3, -0.25) is 4.90 Å². The van der Waals surface area contributed by atoms with E-state index in [1.165, 1.54) is 4.90 Å². The number of aliphatic hydroxyl groups excluding tert-OH is 1. The van der Waals surface area contributed by atoms with Gasteiger partial charge >= 0.3 is 12.1 Å². The molecule has 0 spiro atoms. The minimum absolute atomic E-state index is 0.0774. The number of carbonyl (C=O) groups excluding carboxylic acids is 2. The third-order valence-corrected chi connectivity index (χ3v) is 3.57. The monoisotopic (exact) mass is 356 g/mol. The van der Waals surface area contributed by atoms with Gasteiger partial charge in [0.1, 0.15) is 5.60 Å². The van der Waals surface area contributed by atoms with Crippen molar-refractivity contribution in [2.75, 3.05) is 16.8 Å². The van der Waals surface area contributed by atoms with Gasteiger partial charge in [-0.1, -0.05) is 30.3 Å². The molecule has 2 aromatic rings. The molecule has 26 heavy (non-hydrogen) atoms. The molecular formula is C20H24N2O4. The fourth-order valence-electron chi connectivity index (χ4n) is 2.26. The van der Waals surface area contributed by atoms with Crippen LogP contribution >= 0.6 is 0 Å².